The Balaban J connectivity index is 2.87. The molecule has 0 saturated heterocycles. The van der Waals surface area contributed by atoms with Crippen LogP contribution in [0.15, 0.2) is 35.3 Å². The SMILES string of the molecule is [2H]C([O-])=Nc1ccccc1. The number of nitrogens with zero attached hydrogens (tertiary/aromatic N) is 1. The lowest BCUT2D eigenvalue weighted by Gasteiger charge is -1.91. The van der Waals surface area contributed by atoms with Crippen LogP contribution >= 0.6 is 0 Å². The molecule has 0 saturated carbocycles. The van der Waals surface area contributed by atoms with Crippen molar-refractivity contribution in [1.82, 2.24) is 0 Å². The molecule has 0 bridgehead atoms. The molecule has 9 heavy (non-hydrogen) atoms. The van der Waals surface area contributed by atoms with Crippen molar-refractivity contribution in [3.8, 4) is 0 Å². The summed E-state index contributed by atoms with van der Waals surface area (Å²) in [4.78, 5) is 3.39. The molecule has 0 aliphatic carbocycles. The monoisotopic (exact) mass is 121 g/mol. The minimum atomic E-state index is -0.911. The van der Waals surface area contributed by atoms with Crippen molar-refractivity contribution in [2.75, 3.05) is 0 Å². The van der Waals surface area contributed by atoms with E-state index in [9.17, 15) is 5.11 Å². The Bertz CT molecular complexity index is 229. The summed E-state index contributed by atoms with van der Waals surface area (Å²) >= 11 is 0. The van der Waals surface area contributed by atoms with Crippen molar-refractivity contribution in [1.29, 1.82) is 0 Å². The number of hydrogen-bond acceptors (Lipinski definition) is 2. The molecule has 0 N–H and O–H groups in total. The zero-order chi connectivity index (χ0) is 7.40. The van der Waals surface area contributed by atoms with E-state index in [-0.39, 0.29) is 0 Å². The van der Waals surface area contributed by atoms with Gasteiger partial charge < -0.3 is 5.11 Å². The molecule has 0 aromatic heterocycles. The number of rotatable bonds is 1. The van der Waals surface area contributed by atoms with Crippen LogP contribution in [0.1, 0.15) is 1.37 Å². The van der Waals surface area contributed by atoms with Crippen LogP contribution in [0.4, 0.5) is 5.69 Å². The number of aliphatic imine (C=N–C) groups is 1. The second kappa shape index (κ2) is 2.87. The van der Waals surface area contributed by atoms with E-state index in [1.807, 2.05) is 6.07 Å². The highest BCUT2D eigenvalue weighted by atomic mass is 16.3. The molecule has 46 valence electrons. The quantitative estimate of drug-likeness (QED) is 0.398. The van der Waals surface area contributed by atoms with Crippen molar-refractivity contribution >= 4 is 12.1 Å². The summed E-state index contributed by atoms with van der Waals surface area (Å²) in [5.41, 5.74) is 0.530. The summed E-state index contributed by atoms with van der Waals surface area (Å²) in [6, 6.07) is 8.70. The van der Waals surface area contributed by atoms with Gasteiger partial charge in [-0.1, -0.05) is 24.6 Å². The molecule has 0 fully saturated rings. The Morgan fingerprint density at radius 2 is 2.11 bits per heavy atom. The molecule has 0 aliphatic rings. The van der Waals surface area contributed by atoms with E-state index in [0.717, 1.165) is 0 Å². The highest BCUT2D eigenvalue weighted by molar-refractivity contribution is 5.51. The molecule has 1 aromatic carbocycles. The summed E-state index contributed by atoms with van der Waals surface area (Å²) in [5.74, 6) is 0. The van der Waals surface area contributed by atoms with Crippen LogP contribution in [-0.2, 0) is 0 Å². The Morgan fingerprint density at radius 1 is 1.44 bits per heavy atom. The molecule has 1 rings (SSSR count). The molecule has 0 heterocycles. The van der Waals surface area contributed by atoms with Gasteiger partial charge in [0.05, 0.1) is 7.06 Å². The van der Waals surface area contributed by atoms with Crippen molar-refractivity contribution in [2.24, 2.45) is 4.99 Å². The minimum Gasteiger partial charge on any atom is -0.864 e. The van der Waals surface area contributed by atoms with Crippen LogP contribution in [0.3, 0.4) is 0 Å². The first-order valence-electron chi connectivity index (χ1n) is 3.06. The largest absolute Gasteiger partial charge is 0.864 e. The number of para-hydroxylation sites is 1. The van der Waals surface area contributed by atoms with Gasteiger partial charge in [0.1, 0.15) is 0 Å². The fourth-order valence-corrected chi connectivity index (χ4v) is 0.555. The van der Waals surface area contributed by atoms with Gasteiger partial charge in [0, 0.05) is 0 Å². The van der Waals surface area contributed by atoms with E-state index in [4.69, 9.17) is 1.37 Å². The van der Waals surface area contributed by atoms with E-state index in [1.165, 1.54) is 0 Å². The second-order valence-corrected chi connectivity index (χ2v) is 1.54. The van der Waals surface area contributed by atoms with Crippen LogP contribution in [-0.4, -0.2) is 6.38 Å². The molecule has 0 radical (unpaired) electrons. The topological polar surface area (TPSA) is 35.4 Å². The van der Waals surface area contributed by atoms with Gasteiger partial charge in [-0.2, -0.15) is 0 Å². The average Bonchev–Trinajstić information content (AvgIpc) is 1.88. The third-order valence-corrected chi connectivity index (χ3v) is 0.931. The molecule has 1 aromatic rings. The lowest BCUT2D eigenvalue weighted by Crippen LogP contribution is -1.94. The van der Waals surface area contributed by atoms with Gasteiger partial charge in [0.15, 0.2) is 0 Å². The third-order valence-electron chi connectivity index (χ3n) is 0.931. The normalized spacial score (nSPS) is 12.9. The Kier molecular flexibility index (Phi) is 1.45. The van der Waals surface area contributed by atoms with E-state index >= 15 is 0 Å². The lowest BCUT2D eigenvalue weighted by molar-refractivity contribution is -0.200. The first-order chi connectivity index (χ1) is 4.79. The summed E-state index contributed by atoms with van der Waals surface area (Å²) in [7, 11) is 0. The van der Waals surface area contributed by atoms with Gasteiger partial charge in [-0.15, -0.1) is 0 Å². The Hall–Kier alpha value is -1.31. The molecular weight excluding hydrogens is 114 g/mol. The van der Waals surface area contributed by atoms with Gasteiger partial charge >= 0.3 is 0 Å². The molecule has 0 spiro atoms. The molecule has 0 unspecified atom stereocenters. The fraction of sp³-hybridized carbons (Fsp3) is 0. The van der Waals surface area contributed by atoms with E-state index < -0.39 is 6.38 Å². The third kappa shape index (κ3) is 1.57. The standard InChI is InChI=1S/C7H7NO/c9-6-8-7-4-2-1-3-5-7/h1-6H,(H,8,9)/p-1/i6D. The highest BCUT2D eigenvalue weighted by Gasteiger charge is 1.77. The van der Waals surface area contributed by atoms with E-state index in [0.29, 0.717) is 5.69 Å². The van der Waals surface area contributed by atoms with Crippen LogP contribution in [0, 0.1) is 0 Å². The van der Waals surface area contributed by atoms with Crippen LogP contribution in [0.25, 0.3) is 0 Å². The molecule has 2 heteroatoms. The molecule has 0 atom stereocenters. The smallest absolute Gasteiger partial charge is 0.0663 e. The fourth-order valence-electron chi connectivity index (χ4n) is 0.555. The summed E-state index contributed by atoms with van der Waals surface area (Å²) in [6.07, 6.45) is -0.911. The minimum absolute atomic E-state index is 0.530. The van der Waals surface area contributed by atoms with Gasteiger partial charge in [-0.25, -0.2) is 0 Å². The van der Waals surface area contributed by atoms with E-state index in [1.54, 1.807) is 24.3 Å². The highest BCUT2D eigenvalue weighted by Crippen LogP contribution is 2.07. The summed E-state index contributed by atoms with van der Waals surface area (Å²) in [5, 5.41) is 10.1. The second-order valence-electron chi connectivity index (χ2n) is 1.54. The lowest BCUT2D eigenvalue weighted by atomic mass is 10.3. The van der Waals surface area contributed by atoms with Crippen molar-refractivity contribution in [3.05, 3.63) is 30.3 Å². The predicted molar refractivity (Wildman–Crippen MR) is 34.6 cm³/mol. The molecule has 0 amide bonds. The zero-order valence-corrected chi connectivity index (χ0v) is 4.74. The summed E-state index contributed by atoms with van der Waals surface area (Å²) < 4.78 is 6.51. The van der Waals surface area contributed by atoms with Gasteiger partial charge in [0.25, 0.3) is 0 Å². The summed E-state index contributed by atoms with van der Waals surface area (Å²) in [6.45, 7) is 0. The first kappa shape index (κ1) is 4.56. The maximum absolute atomic E-state index is 10.1. The van der Waals surface area contributed by atoms with Crippen LogP contribution in [0.2, 0.25) is 0 Å². The Morgan fingerprint density at radius 3 is 2.67 bits per heavy atom. The number of benzene rings is 1. The van der Waals surface area contributed by atoms with Crippen molar-refractivity contribution < 1.29 is 6.48 Å². The molecule has 0 aliphatic heterocycles. The van der Waals surface area contributed by atoms with Crippen molar-refractivity contribution in [2.45, 2.75) is 0 Å². The molecular formula is C7H6NO-. The maximum Gasteiger partial charge on any atom is 0.0663 e. The van der Waals surface area contributed by atoms with Gasteiger partial charge in [-0.3, -0.25) is 4.99 Å². The predicted octanol–water partition coefficient (Wildman–Crippen LogP) is 0.707. The average molecular weight is 121 g/mol. The maximum atomic E-state index is 10.1. The Labute approximate surface area is 54.9 Å². The number of hydrogen-bond donors (Lipinski definition) is 0. The molecule has 2 nitrogen and oxygen atoms in total. The van der Waals surface area contributed by atoms with Gasteiger partial charge in [-0.05, 0) is 12.1 Å². The van der Waals surface area contributed by atoms with Crippen LogP contribution in [0.5, 0.6) is 0 Å². The zero-order valence-electron chi connectivity index (χ0n) is 5.74. The first-order valence-corrected chi connectivity index (χ1v) is 2.56. The van der Waals surface area contributed by atoms with Gasteiger partial charge in [0.2, 0.25) is 0 Å². The van der Waals surface area contributed by atoms with Crippen molar-refractivity contribution in [3.63, 3.8) is 0 Å². The van der Waals surface area contributed by atoms with E-state index in [2.05, 4.69) is 4.99 Å². The van der Waals surface area contributed by atoms with Crippen LogP contribution < -0.4 is 5.11 Å².